The molecule has 0 radical (unpaired) electrons. The van der Waals surface area contributed by atoms with Crippen LogP contribution in [-0.2, 0) is 10.1 Å². The fourth-order valence-electron chi connectivity index (χ4n) is 10.5. The van der Waals surface area contributed by atoms with Gasteiger partial charge in [-0.1, -0.05) is 31.4 Å². The van der Waals surface area contributed by atoms with Gasteiger partial charge >= 0.3 is 5.97 Å². The van der Waals surface area contributed by atoms with Gasteiger partial charge in [0, 0.05) is 0 Å². The third-order valence-electron chi connectivity index (χ3n) is 12.2. The molecule has 6 saturated carbocycles. The molecule has 0 N–H and O–H groups in total. The molecular weight excluding hydrogens is 520 g/mol. The second-order valence-corrected chi connectivity index (χ2v) is 15.6. The Bertz CT molecular complexity index is 1400. The van der Waals surface area contributed by atoms with Crippen molar-refractivity contribution < 1.29 is 22.5 Å². The zero-order valence-electron chi connectivity index (χ0n) is 23.1. The monoisotopic (exact) mass is 559 g/mol. The van der Waals surface area contributed by atoms with Crippen molar-refractivity contribution in [3.63, 3.8) is 0 Å². The SMILES string of the molecule is O=C(Oc1ccc(S(=O)(=O)[O-])cc1)c1c(C2CC3CCC2C3)cc(C2CC3CCC2C3)cc1C1CC2CCC1C2. The lowest BCUT2D eigenvalue weighted by molar-refractivity contribution is 0.0730. The maximum Gasteiger partial charge on any atom is 0.344 e. The van der Waals surface area contributed by atoms with Crippen molar-refractivity contribution in [3.05, 3.63) is 58.7 Å². The lowest BCUT2D eigenvalue weighted by Crippen LogP contribution is -2.23. The van der Waals surface area contributed by atoms with Gasteiger partial charge in [0.1, 0.15) is 15.9 Å². The molecule has 40 heavy (non-hydrogen) atoms. The van der Waals surface area contributed by atoms with Crippen LogP contribution in [-0.4, -0.2) is 18.9 Å². The average molecular weight is 560 g/mol. The van der Waals surface area contributed by atoms with E-state index in [9.17, 15) is 17.8 Å². The molecule has 2 aromatic rings. The zero-order chi connectivity index (χ0) is 27.2. The van der Waals surface area contributed by atoms with Crippen LogP contribution < -0.4 is 4.74 Å². The minimum Gasteiger partial charge on any atom is -0.744 e. The zero-order valence-corrected chi connectivity index (χ0v) is 23.9. The number of rotatable bonds is 6. The number of benzene rings is 2. The van der Waals surface area contributed by atoms with Gasteiger partial charge in [-0.25, -0.2) is 13.2 Å². The number of esters is 1. The molecule has 6 aliphatic carbocycles. The molecule has 0 aliphatic heterocycles. The topological polar surface area (TPSA) is 83.5 Å². The van der Waals surface area contributed by atoms with Gasteiger partial charge in [0.15, 0.2) is 0 Å². The summed E-state index contributed by atoms with van der Waals surface area (Å²) in [6.45, 7) is 0. The molecule has 5 nitrogen and oxygen atoms in total. The van der Waals surface area contributed by atoms with E-state index in [4.69, 9.17) is 4.74 Å². The van der Waals surface area contributed by atoms with Crippen molar-refractivity contribution in [2.24, 2.45) is 35.5 Å². The van der Waals surface area contributed by atoms with Crippen LogP contribution in [0.15, 0.2) is 41.3 Å². The van der Waals surface area contributed by atoms with Gasteiger partial charge in [-0.15, -0.1) is 0 Å². The molecule has 212 valence electrons. The van der Waals surface area contributed by atoms with Crippen LogP contribution in [0.5, 0.6) is 5.75 Å². The van der Waals surface area contributed by atoms with E-state index >= 15 is 0 Å². The van der Waals surface area contributed by atoms with E-state index in [0.717, 1.165) is 29.2 Å². The Morgan fingerprint density at radius 3 is 1.55 bits per heavy atom. The van der Waals surface area contributed by atoms with Crippen molar-refractivity contribution in [1.82, 2.24) is 0 Å². The minimum atomic E-state index is -4.55. The van der Waals surface area contributed by atoms with E-state index in [1.165, 1.54) is 118 Å². The van der Waals surface area contributed by atoms with Crippen LogP contribution in [0.3, 0.4) is 0 Å². The van der Waals surface area contributed by atoms with Gasteiger partial charge in [-0.05, 0) is 152 Å². The quantitative estimate of drug-likeness (QED) is 0.208. The summed E-state index contributed by atoms with van der Waals surface area (Å²) in [6, 6.07) is 10.2. The molecular formula is C34H39O5S-. The van der Waals surface area contributed by atoms with Crippen molar-refractivity contribution in [2.75, 3.05) is 0 Å². The standard InChI is InChI=1S/C34H40O5S/c35-34(39-26-7-9-27(10-8-26)40(36,37)38)33-31(29-15-20-2-5-23(29)12-20)17-25(28-14-19-1-4-22(28)11-19)18-32(33)30-16-21-3-6-24(30)13-21/h7-10,17-24,28-30H,1-6,11-16H2,(H,36,37,38)/p-1. The van der Waals surface area contributed by atoms with Gasteiger partial charge in [0.2, 0.25) is 0 Å². The second-order valence-electron chi connectivity index (χ2n) is 14.2. The van der Waals surface area contributed by atoms with Gasteiger partial charge in [-0.3, -0.25) is 0 Å². The number of ether oxygens (including phenoxy) is 1. The molecule has 0 amide bonds. The van der Waals surface area contributed by atoms with Crippen LogP contribution in [0.2, 0.25) is 0 Å². The predicted molar refractivity (Wildman–Crippen MR) is 150 cm³/mol. The highest BCUT2D eigenvalue weighted by atomic mass is 32.2. The molecule has 0 spiro atoms. The molecule has 6 heteroatoms. The summed E-state index contributed by atoms with van der Waals surface area (Å²) in [6.07, 6.45) is 15.5. The molecule has 6 aliphatic rings. The highest BCUT2D eigenvalue weighted by molar-refractivity contribution is 7.85. The first kappa shape index (κ1) is 25.5. The summed E-state index contributed by atoms with van der Waals surface area (Å²) in [5, 5.41) is 0. The molecule has 6 bridgehead atoms. The number of hydrogen-bond acceptors (Lipinski definition) is 5. The first-order valence-electron chi connectivity index (χ1n) is 15.8. The maximum atomic E-state index is 14.2. The maximum absolute atomic E-state index is 14.2. The number of hydrogen-bond donors (Lipinski definition) is 0. The smallest absolute Gasteiger partial charge is 0.344 e. The third kappa shape index (κ3) is 4.27. The summed E-state index contributed by atoms with van der Waals surface area (Å²) in [7, 11) is -4.55. The van der Waals surface area contributed by atoms with E-state index in [1.54, 1.807) is 0 Å². The van der Waals surface area contributed by atoms with Crippen LogP contribution in [0, 0.1) is 35.5 Å². The van der Waals surface area contributed by atoms with Crippen molar-refractivity contribution in [1.29, 1.82) is 0 Å². The van der Waals surface area contributed by atoms with E-state index in [1.807, 2.05) is 0 Å². The summed E-state index contributed by atoms with van der Waals surface area (Å²) >= 11 is 0. The first-order valence-corrected chi connectivity index (χ1v) is 17.2. The van der Waals surface area contributed by atoms with Gasteiger partial charge in [0.05, 0.1) is 10.5 Å². The fourth-order valence-corrected chi connectivity index (χ4v) is 11.0. The largest absolute Gasteiger partial charge is 0.744 e. The molecule has 6 fully saturated rings. The van der Waals surface area contributed by atoms with Gasteiger partial charge in [-0.2, -0.15) is 0 Å². The van der Waals surface area contributed by atoms with Gasteiger partial charge in [0.25, 0.3) is 0 Å². The number of fused-ring (bicyclic) bond motifs is 6. The van der Waals surface area contributed by atoms with E-state index in [-0.39, 0.29) is 16.6 Å². The summed E-state index contributed by atoms with van der Waals surface area (Å²) in [5.74, 6) is 5.96. The molecule has 0 saturated heterocycles. The number of carbonyl (C=O) groups is 1. The molecule has 0 aromatic heterocycles. The Kier molecular flexibility index (Phi) is 6.01. The van der Waals surface area contributed by atoms with Crippen molar-refractivity contribution in [2.45, 2.75) is 99.7 Å². The van der Waals surface area contributed by atoms with Crippen molar-refractivity contribution in [3.8, 4) is 5.75 Å². The molecule has 2 aromatic carbocycles. The molecule has 9 unspecified atom stereocenters. The number of carbonyl (C=O) groups excluding carboxylic acids is 1. The summed E-state index contributed by atoms with van der Waals surface area (Å²) in [4.78, 5) is 13.9. The van der Waals surface area contributed by atoms with Crippen LogP contribution in [0.1, 0.15) is 122 Å². The van der Waals surface area contributed by atoms with E-state index in [2.05, 4.69) is 12.1 Å². The molecule has 9 atom stereocenters. The van der Waals surface area contributed by atoms with Crippen LogP contribution >= 0.6 is 0 Å². The van der Waals surface area contributed by atoms with Crippen molar-refractivity contribution >= 4 is 16.1 Å². The van der Waals surface area contributed by atoms with Crippen LogP contribution in [0.4, 0.5) is 0 Å². The van der Waals surface area contributed by atoms with E-state index < -0.39 is 10.1 Å². The average Bonchev–Trinajstić information content (AvgIpc) is 3.80. The normalized spacial score (nSPS) is 37.5. The summed E-state index contributed by atoms with van der Waals surface area (Å²) in [5.41, 5.74) is 4.79. The Morgan fingerprint density at radius 2 is 1.15 bits per heavy atom. The first-order chi connectivity index (χ1) is 19.3. The third-order valence-corrected chi connectivity index (χ3v) is 13.0. The highest BCUT2D eigenvalue weighted by Gasteiger charge is 2.47. The Hall–Kier alpha value is -2.18. The molecule has 0 heterocycles. The summed E-state index contributed by atoms with van der Waals surface area (Å²) < 4.78 is 40.3. The van der Waals surface area contributed by atoms with Gasteiger partial charge < -0.3 is 9.29 Å². The van der Waals surface area contributed by atoms with Crippen LogP contribution in [0.25, 0.3) is 0 Å². The van der Waals surface area contributed by atoms with E-state index in [0.29, 0.717) is 29.6 Å². The lowest BCUT2D eigenvalue weighted by Gasteiger charge is -2.32. The highest BCUT2D eigenvalue weighted by Crippen LogP contribution is 2.59. The molecule has 8 rings (SSSR count). The Morgan fingerprint density at radius 1 is 0.675 bits per heavy atom. The minimum absolute atomic E-state index is 0.285. The second kappa shape index (κ2) is 9.42. The lowest BCUT2D eigenvalue weighted by atomic mass is 9.72. The Balaban J connectivity index is 1.23. The fraction of sp³-hybridized carbons (Fsp3) is 0.618. The Labute approximate surface area is 237 Å². The predicted octanol–water partition coefficient (Wildman–Crippen LogP) is 7.52.